The van der Waals surface area contributed by atoms with Gasteiger partial charge in [0.15, 0.2) is 0 Å². The average molecular weight is 580 g/mol. The van der Waals surface area contributed by atoms with Crippen molar-refractivity contribution in [2.45, 2.75) is 51.1 Å². The van der Waals surface area contributed by atoms with E-state index in [2.05, 4.69) is 5.10 Å². The van der Waals surface area contributed by atoms with Crippen LogP contribution in [0.1, 0.15) is 37.3 Å². The minimum Gasteiger partial charge on any atom is -0.497 e. The highest BCUT2D eigenvalue weighted by Crippen LogP contribution is 2.33. The van der Waals surface area contributed by atoms with Crippen LogP contribution in [0.4, 0.5) is 19.0 Å². The molecule has 12 heteroatoms. The Labute approximate surface area is 234 Å². The molecule has 1 saturated heterocycles. The minimum atomic E-state index is -4.89. The van der Waals surface area contributed by atoms with Gasteiger partial charge in [-0.1, -0.05) is 23.7 Å². The van der Waals surface area contributed by atoms with Crippen LogP contribution < -0.4 is 19.9 Å². The monoisotopic (exact) mass is 579 g/mol. The van der Waals surface area contributed by atoms with Gasteiger partial charge in [-0.25, -0.2) is 4.68 Å². The zero-order chi connectivity index (χ0) is 28.9. The molecule has 1 aromatic heterocycles. The van der Waals surface area contributed by atoms with Crippen LogP contribution in [0.3, 0.4) is 0 Å². The Morgan fingerprint density at radius 2 is 1.77 bits per heavy atom. The predicted octanol–water partition coefficient (Wildman–Crippen LogP) is 5.34. The highest BCUT2D eigenvalue weighted by Gasteiger charge is 2.39. The number of nitrogens with zero attached hydrogens (tertiary/aromatic N) is 3. The molecular weight excluding hydrogens is 551 g/mol. The maximum absolute atomic E-state index is 14.0. The fourth-order valence-electron chi connectivity index (χ4n) is 4.62. The largest absolute Gasteiger partial charge is 0.497 e. The van der Waals surface area contributed by atoms with Crippen molar-refractivity contribution in [1.29, 1.82) is 0 Å². The second-order valence-corrected chi connectivity index (χ2v) is 9.74. The van der Waals surface area contributed by atoms with E-state index in [0.29, 0.717) is 34.9 Å². The molecule has 0 amide bonds. The molecule has 2 heterocycles. The Bertz CT molecular complexity index is 1360. The number of benzene rings is 2. The summed E-state index contributed by atoms with van der Waals surface area (Å²) >= 11 is 5.96. The summed E-state index contributed by atoms with van der Waals surface area (Å²) in [6, 6.07) is 13.8. The fourth-order valence-corrected chi connectivity index (χ4v) is 4.74. The number of halogens is 4. The van der Waals surface area contributed by atoms with E-state index in [-0.39, 0.29) is 38.0 Å². The Balaban J connectivity index is 1.67. The van der Waals surface area contributed by atoms with Gasteiger partial charge in [-0.2, -0.15) is 18.3 Å². The molecule has 1 aliphatic heterocycles. The van der Waals surface area contributed by atoms with Gasteiger partial charge < -0.3 is 19.1 Å². The molecule has 0 bridgehead atoms. The SMILES string of the molecule is CCOC(=O)CC[C@@H]1C[C@H](Oc2ccc(Cl)cc2)CN1c1cc(C(F)(F)F)c(=O)n(Cc2ccc(OC)cc2)n1. The standard InChI is InChI=1S/C28H29ClF3N3O5/c1-3-39-26(36)13-8-20-14-23(40-22-11-6-19(29)7-12-22)17-34(20)25-15-24(28(30,31)32)27(37)35(33-25)16-18-4-9-21(38-2)10-5-18/h4-7,9-12,15,20,23H,3,8,13-14,16-17H2,1-2H3/t20-,23+/m1/s1. The highest BCUT2D eigenvalue weighted by atomic mass is 35.5. The second kappa shape index (κ2) is 12.6. The van der Waals surface area contributed by atoms with Crippen molar-refractivity contribution in [3.63, 3.8) is 0 Å². The average Bonchev–Trinajstić information content (AvgIpc) is 3.32. The lowest BCUT2D eigenvalue weighted by Crippen LogP contribution is -2.37. The van der Waals surface area contributed by atoms with E-state index in [9.17, 15) is 22.8 Å². The van der Waals surface area contributed by atoms with Crippen molar-refractivity contribution in [3.05, 3.63) is 81.1 Å². The number of hydrogen-bond acceptors (Lipinski definition) is 7. The van der Waals surface area contributed by atoms with Crippen LogP contribution in [0.15, 0.2) is 59.4 Å². The first kappa shape index (κ1) is 29.3. The molecular formula is C28H29ClF3N3O5. The maximum atomic E-state index is 14.0. The van der Waals surface area contributed by atoms with Gasteiger partial charge in [-0.3, -0.25) is 9.59 Å². The summed E-state index contributed by atoms with van der Waals surface area (Å²) < 4.78 is 59.0. The molecule has 2 atom stereocenters. The number of alkyl halides is 3. The summed E-state index contributed by atoms with van der Waals surface area (Å²) in [5, 5.41) is 4.88. The van der Waals surface area contributed by atoms with Crippen molar-refractivity contribution >= 4 is 23.4 Å². The van der Waals surface area contributed by atoms with E-state index in [1.54, 1.807) is 60.4 Å². The predicted molar refractivity (Wildman–Crippen MR) is 143 cm³/mol. The van der Waals surface area contributed by atoms with Gasteiger partial charge in [0.2, 0.25) is 0 Å². The van der Waals surface area contributed by atoms with Gasteiger partial charge in [-0.15, -0.1) is 0 Å². The molecule has 0 saturated carbocycles. The molecule has 0 aliphatic carbocycles. The number of carbonyl (C=O) groups excluding carboxylic acids is 1. The number of carbonyl (C=O) groups is 1. The van der Waals surface area contributed by atoms with Gasteiger partial charge in [0.05, 0.1) is 26.8 Å². The molecule has 3 aromatic rings. The molecule has 0 radical (unpaired) electrons. The molecule has 0 N–H and O–H groups in total. The lowest BCUT2D eigenvalue weighted by atomic mass is 10.1. The zero-order valence-corrected chi connectivity index (χ0v) is 22.7. The van der Waals surface area contributed by atoms with E-state index in [4.69, 9.17) is 25.8 Å². The Morgan fingerprint density at radius 3 is 2.40 bits per heavy atom. The molecule has 214 valence electrons. The first-order valence-electron chi connectivity index (χ1n) is 12.7. The van der Waals surface area contributed by atoms with Crippen molar-refractivity contribution in [2.24, 2.45) is 0 Å². The molecule has 0 spiro atoms. The first-order chi connectivity index (χ1) is 19.1. The molecule has 8 nitrogen and oxygen atoms in total. The quantitative estimate of drug-likeness (QED) is 0.300. The summed E-state index contributed by atoms with van der Waals surface area (Å²) in [5.74, 6) is 0.685. The molecule has 40 heavy (non-hydrogen) atoms. The minimum absolute atomic E-state index is 0.0310. The maximum Gasteiger partial charge on any atom is 0.421 e. The van der Waals surface area contributed by atoms with Crippen LogP contribution in [-0.4, -0.2) is 48.2 Å². The van der Waals surface area contributed by atoms with Crippen LogP contribution in [0, 0.1) is 0 Å². The number of methoxy groups -OCH3 is 1. The van der Waals surface area contributed by atoms with Crippen molar-refractivity contribution in [3.8, 4) is 11.5 Å². The third kappa shape index (κ3) is 7.26. The molecule has 2 aromatic carbocycles. The van der Waals surface area contributed by atoms with Crippen molar-refractivity contribution in [1.82, 2.24) is 9.78 Å². The summed E-state index contributed by atoms with van der Waals surface area (Å²) in [7, 11) is 1.50. The van der Waals surface area contributed by atoms with E-state index in [0.717, 1.165) is 10.7 Å². The van der Waals surface area contributed by atoms with E-state index in [1.807, 2.05) is 0 Å². The summed E-state index contributed by atoms with van der Waals surface area (Å²) in [4.78, 5) is 26.6. The van der Waals surface area contributed by atoms with Crippen molar-refractivity contribution < 1.29 is 32.2 Å². The third-order valence-corrected chi connectivity index (χ3v) is 6.78. The van der Waals surface area contributed by atoms with Gasteiger partial charge in [-0.05, 0) is 55.3 Å². The van der Waals surface area contributed by atoms with Crippen LogP contribution >= 0.6 is 11.6 Å². The van der Waals surface area contributed by atoms with Gasteiger partial charge in [0.1, 0.15) is 29.0 Å². The van der Waals surface area contributed by atoms with Crippen LogP contribution in [0.25, 0.3) is 0 Å². The highest BCUT2D eigenvalue weighted by molar-refractivity contribution is 6.30. The van der Waals surface area contributed by atoms with Crippen molar-refractivity contribution in [2.75, 3.05) is 25.2 Å². The van der Waals surface area contributed by atoms with Crippen LogP contribution in [0.2, 0.25) is 5.02 Å². The Hall–Kier alpha value is -3.73. The molecule has 1 fully saturated rings. The third-order valence-electron chi connectivity index (χ3n) is 6.53. The second-order valence-electron chi connectivity index (χ2n) is 9.30. The smallest absolute Gasteiger partial charge is 0.421 e. The first-order valence-corrected chi connectivity index (χ1v) is 13.1. The fraction of sp³-hybridized carbons (Fsp3) is 0.393. The van der Waals surface area contributed by atoms with Gasteiger partial charge in [0.25, 0.3) is 5.56 Å². The summed E-state index contributed by atoms with van der Waals surface area (Å²) in [5.41, 5.74) is -1.99. The number of ether oxygens (including phenoxy) is 3. The normalized spacial score (nSPS) is 17.1. The number of anilines is 1. The number of rotatable bonds is 10. The van der Waals surface area contributed by atoms with Crippen LogP contribution in [0.5, 0.6) is 11.5 Å². The Morgan fingerprint density at radius 1 is 1.10 bits per heavy atom. The number of aromatic nitrogens is 2. The Kier molecular flexibility index (Phi) is 9.24. The molecule has 0 unspecified atom stereocenters. The summed E-state index contributed by atoms with van der Waals surface area (Å²) in [6.45, 7) is 1.94. The molecule has 1 aliphatic rings. The molecule has 4 rings (SSSR count). The van der Waals surface area contributed by atoms with E-state index >= 15 is 0 Å². The van der Waals surface area contributed by atoms with E-state index < -0.39 is 29.4 Å². The van der Waals surface area contributed by atoms with E-state index in [1.165, 1.54) is 7.11 Å². The topological polar surface area (TPSA) is 82.9 Å². The zero-order valence-electron chi connectivity index (χ0n) is 22.0. The lowest BCUT2D eigenvalue weighted by Gasteiger charge is -2.26. The van der Waals surface area contributed by atoms with Crippen LogP contribution in [-0.2, 0) is 22.3 Å². The van der Waals surface area contributed by atoms with Gasteiger partial charge in [0, 0.05) is 30.0 Å². The number of hydrogen-bond donors (Lipinski definition) is 0. The lowest BCUT2D eigenvalue weighted by molar-refractivity contribution is -0.143. The summed E-state index contributed by atoms with van der Waals surface area (Å²) in [6.07, 6.45) is -4.51. The van der Waals surface area contributed by atoms with Gasteiger partial charge >= 0.3 is 12.1 Å². The number of esters is 1.